The van der Waals surface area contributed by atoms with Crippen molar-refractivity contribution in [3.05, 3.63) is 28.8 Å². The van der Waals surface area contributed by atoms with Crippen LogP contribution >= 0.6 is 11.6 Å². The largest absolute Gasteiger partial charge is 0.480 e. The zero-order valence-electron chi connectivity index (χ0n) is 15.1. The highest BCUT2D eigenvalue weighted by Gasteiger charge is 2.25. The number of amides is 2. The molecule has 1 rings (SSSR count). The van der Waals surface area contributed by atoms with E-state index in [1.165, 1.54) is 12.1 Å². The van der Waals surface area contributed by atoms with Crippen LogP contribution in [0.15, 0.2) is 18.2 Å². The third kappa shape index (κ3) is 6.74. The SMILES string of the molecule is CC(C)[C@@H](NC(=O)c1cc(NC(=O)CC(C)(C)C)ccc1Cl)C(=O)O. The molecular weight excluding hydrogens is 344 g/mol. The number of anilines is 1. The lowest BCUT2D eigenvalue weighted by Gasteiger charge is -2.19. The average molecular weight is 369 g/mol. The predicted molar refractivity (Wildman–Crippen MR) is 97.9 cm³/mol. The standard InChI is InChI=1S/C18H25ClN2O4/c1-10(2)15(17(24)25)21-16(23)12-8-11(6-7-13(12)19)20-14(22)9-18(3,4)5/h6-8,10,15H,9H2,1-5H3,(H,20,22)(H,21,23)(H,24,25)/t15-/m1/s1. The van der Waals surface area contributed by atoms with Crippen molar-refractivity contribution in [1.82, 2.24) is 5.32 Å². The Bertz CT molecular complexity index is 666. The maximum absolute atomic E-state index is 12.4. The molecule has 0 aliphatic carbocycles. The molecule has 0 bridgehead atoms. The van der Waals surface area contributed by atoms with E-state index in [1.54, 1.807) is 19.9 Å². The van der Waals surface area contributed by atoms with Crippen molar-refractivity contribution in [1.29, 1.82) is 0 Å². The lowest BCUT2D eigenvalue weighted by atomic mass is 9.92. The number of hydrogen-bond acceptors (Lipinski definition) is 3. The molecule has 2 amide bonds. The van der Waals surface area contributed by atoms with Crippen LogP contribution in [0.1, 0.15) is 51.4 Å². The normalized spacial score (nSPS) is 12.6. The first-order valence-electron chi connectivity index (χ1n) is 8.04. The minimum atomic E-state index is -1.12. The van der Waals surface area contributed by atoms with E-state index in [2.05, 4.69) is 10.6 Å². The molecule has 6 nitrogen and oxygen atoms in total. The number of carboxylic acids is 1. The van der Waals surface area contributed by atoms with Crippen LogP contribution in [0.25, 0.3) is 0 Å². The summed E-state index contributed by atoms with van der Waals surface area (Å²) in [5.41, 5.74) is 0.380. The van der Waals surface area contributed by atoms with Crippen LogP contribution in [0.3, 0.4) is 0 Å². The number of aliphatic carboxylic acids is 1. The molecule has 0 saturated heterocycles. The summed E-state index contributed by atoms with van der Waals surface area (Å²) >= 11 is 6.06. The minimum Gasteiger partial charge on any atom is -0.480 e. The van der Waals surface area contributed by atoms with Crippen LogP contribution in [-0.2, 0) is 9.59 Å². The number of hydrogen-bond donors (Lipinski definition) is 3. The summed E-state index contributed by atoms with van der Waals surface area (Å²) in [4.78, 5) is 35.6. The van der Waals surface area contributed by atoms with Crippen molar-refractivity contribution in [3.63, 3.8) is 0 Å². The van der Waals surface area contributed by atoms with Gasteiger partial charge in [-0.15, -0.1) is 0 Å². The zero-order chi connectivity index (χ0) is 19.4. The summed E-state index contributed by atoms with van der Waals surface area (Å²) in [6.45, 7) is 9.25. The predicted octanol–water partition coefficient (Wildman–Crippen LogP) is 3.55. The van der Waals surface area contributed by atoms with Gasteiger partial charge < -0.3 is 15.7 Å². The Morgan fingerprint density at radius 2 is 1.80 bits per heavy atom. The molecule has 1 aromatic carbocycles. The molecule has 0 aromatic heterocycles. The molecule has 7 heteroatoms. The number of halogens is 1. The Labute approximate surface area is 152 Å². The van der Waals surface area contributed by atoms with Gasteiger partial charge in [0.2, 0.25) is 5.91 Å². The summed E-state index contributed by atoms with van der Waals surface area (Å²) in [6, 6.07) is 3.51. The van der Waals surface area contributed by atoms with E-state index in [-0.39, 0.29) is 27.8 Å². The maximum atomic E-state index is 12.4. The number of carbonyl (C=O) groups is 3. The van der Waals surface area contributed by atoms with Crippen LogP contribution in [0.4, 0.5) is 5.69 Å². The maximum Gasteiger partial charge on any atom is 0.326 e. The second-order valence-corrected chi connectivity index (χ2v) is 7.92. The molecule has 3 N–H and O–H groups in total. The molecule has 0 spiro atoms. The van der Waals surface area contributed by atoms with Gasteiger partial charge in [-0.1, -0.05) is 46.2 Å². The summed E-state index contributed by atoms with van der Waals surface area (Å²) in [7, 11) is 0. The van der Waals surface area contributed by atoms with Gasteiger partial charge in [-0.05, 0) is 29.5 Å². The third-order valence-corrected chi connectivity index (χ3v) is 3.73. The van der Waals surface area contributed by atoms with E-state index in [0.29, 0.717) is 12.1 Å². The summed E-state index contributed by atoms with van der Waals surface area (Å²) < 4.78 is 0. The van der Waals surface area contributed by atoms with Gasteiger partial charge in [-0.2, -0.15) is 0 Å². The van der Waals surface area contributed by atoms with Crippen LogP contribution in [0.2, 0.25) is 5.02 Å². The molecule has 0 fully saturated rings. The Morgan fingerprint density at radius 3 is 2.28 bits per heavy atom. The second kappa shape index (κ2) is 8.34. The topological polar surface area (TPSA) is 95.5 Å². The lowest BCUT2D eigenvalue weighted by molar-refractivity contribution is -0.140. The monoisotopic (exact) mass is 368 g/mol. The molecule has 0 unspecified atom stereocenters. The van der Waals surface area contributed by atoms with Gasteiger partial charge in [0.25, 0.3) is 5.91 Å². The Morgan fingerprint density at radius 1 is 1.20 bits per heavy atom. The van der Waals surface area contributed by atoms with Gasteiger partial charge in [0.15, 0.2) is 0 Å². The number of rotatable bonds is 6. The lowest BCUT2D eigenvalue weighted by Crippen LogP contribution is -2.44. The molecule has 1 aromatic rings. The first kappa shape index (κ1) is 21.0. The smallest absolute Gasteiger partial charge is 0.326 e. The average Bonchev–Trinajstić information content (AvgIpc) is 2.43. The highest BCUT2D eigenvalue weighted by molar-refractivity contribution is 6.34. The Hall–Kier alpha value is -2.08. The number of carbonyl (C=O) groups excluding carboxylic acids is 2. The summed E-state index contributed by atoms with van der Waals surface area (Å²) in [5, 5.41) is 14.5. The van der Waals surface area contributed by atoms with E-state index < -0.39 is 17.9 Å². The number of nitrogens with one attached hydrogen (secondary N) is 2. The third-order valence-electron chi connectivity index (χ3n) is 3.40. The van der Waals surface area contributed by atoms with E-state index in [1.807, 2.05) is 20.8 Å². The quantitative estimate of drug-likeness (QED) is 0.715. The van der Waals surface area contributed by atoms with Gasteiger partial charge in [-0.3, -0.25) is 9.59 Å². The Kier molecular flexibility index (Phi) is 6.99. The van der Waals surface area contributed by atoms with Crippen LogP contribution in [-0.4, -0.2) is 28.9 Å². The Balaban J connectivity index is 2.95. The fourth-order valence-corrected chi connectivity index (χ4v) is 2.40. The molecule has 138 valence electrons. The molecule has 0 heterocycles. The van der Waals surface area contributed by atoms with E-state index in [9.17, 15) is 19.5 Å². The van der Waals surface area contributed by atoms with Crippen molar-refractivity contribution < 1.29 is 19.5 Å². The van der Waals surface area contributed by atoms with Crippen molar-refractivity contribution in [2.75, 3.05) is 5.32 Å². The van der Waals surface area contributed by atoms with Gasteiger partial charge in [0.1, 0.15) is 6.04 Å². The van der Waals surface area contributed by atoms with Crippen molar-refractivity contribution >= 4 is 35.1 Å². The van der Waals surface area contributed by atoms with Gasteiger partial charge in [0.05, 0.1) is 10.6 Å². The van der Waals surface area contributed by atoms with E-state index >= 15 is 0 Å². The van der Waals surface area contributed by atoms with Gasteiger partial charge in [-0.25, -0.2) is 4.79 Å². The summed E-state index contributed by atoms with van der Waals surface area (Å²) in [6.07, 6.45) is 0.325. The fraction of sp³-hybridized carbons (Fsp3) is 0.500. The molecule has 25 heavy (non-hydrogen) atoms. The minimum absolute atomic E-state index is 0.113. The fourth-order valence-electron chi connectivity index (χ4n) is 2.20. The molecule has 0 aliphatic rings. The second-order valence-electron chi connectivity index (χ2n) is 7.51. The number of benzene rings is 1. The summed E-state index contributed by atoms with van der Waals surface area (Å²) in [5.74, 6) is -2.17. The van der Waals surface area contributed by atoms with E-state index in [0.717, 1.165) is 0 Å². The molecular formula is C18H25ClN2O4. The van der Waals surface area contributed by atoms with E-state index in [4.69, 9.17) is 11.6 Å². The van der Waals surface area contributed by atoms with Gasteiger partial charge >= 0.3 is 5.97 Å². The van der Waals surface area contributed by atoms with Crippen molar-refractivity contribution in [2.24, 2.45) is 11.3 Å². The molecule has 1 atom stereocenters. The van der Waals surface area contributed by atoms with Gasteiger partial charge in [0, 0.05) is 12.1 Å². The van der Waals surface area contributed by atoms with Crippen molar-refractivity contribution in [3.8, 4) is 0 Å². The molecule has 0 radical (unpaired) electrons. The van der Waals surface area contributed by atoms with Crippen LogP contribution in [0, 0.1) is 11.3 Å². The first-order chi connectivity index (χ1) is 11.4. The molecule has 0 aliphatic heterocycles. The van der Waals surface area contributed by atoms with Crippen LogP contribution in [0.5, 0.6) is 0 Å². The van der Waals surface area contributed by atoms with Crippen molar-refractivity contribution in [2.45, 2.75) is 47.1 Å². The molecule has 0 saturated carbocycles. The van der Waals surface area contributed by atoms with Crippen LogP contribution < -0.4 is 10.6 Å². The number of carboxylic acid groups (broad SMARTS) is 1. The highest BCUT2D eigenvalue weighted by Crippen LogP contribution is 2.23. The zero-order valence-corrected chi connectivity index (χ0v) is 15.9. The first-order valence-corrected chi connectivity index (χ1v) is 8.41. The highest BCUT2D eigenvalue weighted by atomic mass is 35.5.